The fourth-order valence-corrected chi connectivity index (χ4v) is 5.24. The highest BCUT2D eigenvalue weighted by molar-refractivity contribution is 5.85. The first-order valence-corrected chi connectivity index (χ1v) is 8.64. The Labute approximate surface area is 135 Å². The Hall–Kier alpha value is -1.85. The standard InChI is InChI=1S/C17H23N3O3/c21-15(2-4-20-3-1-14(19-20)17(22)23)18-16-12-6-10-5-11(8-12)9-13(16)7-10/h1,3,10-13,16H,2,4-9H2,(H,18,21)(H,22,23). The number of nitrogens with zero attached hydrogens (tertiary/aromatic N) is 2. The Bertz CT molecular complexity index is 596. The molecule has 23 heavy (non-hydrogen) atoms. The molecule has 0 saturated heterocycles. The van der Waals surface area contributed by atoms with E-state index >= 15 is 0 Å². The Morgan fingerprint density at radius 2 is 1.83 bits per heavy atom. The topological polar surface area (TPSA) is 84.2 Å². The van der Waals surface area contributed by atoms with Crippen LogP contribution < -0.4 is 5.32 Å². The van der Waals surface area contributed by atoms with Gasteiger partial charge >= 0.3 is 5.97 Å². The van der Waals surface area contributed by atoms with Crippen molar-refractivity contribution in [2.75, 3.05) is 0 Å². The predicted molar refractivity (Wildman–Crippen MR) is 82.8 cm³/mol. The number of carbonyl (C=O) groups is 2. The Balaban J connectivity index is 1.31. The summed E-state index contributed by atoms with van der Waals surface area (Å²) in [5, 5.41) is 16.1. The Morgan fingerprint density at radius 3 is 2.39 bits per heavy atom. The number of aromatic nitrogens is 2. The molecule has 4 aliphatic rings. The van der Waals surface area contributed by atoms with Gasteiger partial charge in [0.05, 0.1) is 0 Å². The van der Waals surface area contributed by atoms with Crippen LogP contribution in [0.3, 0.4) is 0 Å². The molecule has 1 heterocycles. The zero-order chi connectivity index (χ0) is 16.0. The summed E-state index contributed by atoms with van der Waals surface area (Å²) < 4.78 is 1.53. The van der Waals surface area contributed by atoms with E-state index in [0.29, 0.717) is 30.8 Å². The van der Waals surface area contributed by atoms with E-state index in [1.165, 1.54) is 42.9 Å². The molecule has 0 atom stereocenters. The van der Waals surface area contributed by atoms with Crippen molar-refractivity contribution in [1.82, 2.24) is 15.1 Å². The number of carboxylic acid groups (broad SMARTS) is 1. The summed E-state index contributed by atoms with van der Waals surface area (Å²) in [4.78, 5) is 23.1. The largest absolute Gasteiger partial charge is 0.476 e. The number of rotatable bonds is 5. The molecule has 0 unspecified atom stereocenters. The predicted octanol–water partition coefficient (Wildman–Crippen LogP) is 1.91. The summed E-state index contributed by atoms with van der Waals surface area (Å²) in [5.41, 5.74) is 0.0199. The number of aryl methyl sites for hydroxylation is 1. The van der Waals surface area contributed by atoms with Crippen molar-refractivity contribution in [3.8, 4) is 0 Å². The molecular weight excluding hydrogens is 294 g/mol. The van der Waals surface area contributed by atoms with Gasteiger partial charge in [-0.05, 0) is 61.8 Å². The molecule has 6 heteroatoms. The number of aromatic carboxylic acids is 1. The van der Waals surface area contributed by atoms with Gasteiger partial charge in [-0.15, -0.1) is 0 Å². The van der Waals surface area contributed by atoms with Gasteiger partial charge in [-0.1, -0.05) is 0 Å². The molecule has 0 aromatic carbocycles. The molecule has 1 amide bonds. The van der Waals surface area contributed by atoms with E-state index in [0.717, 1.165) is 11.8 Å². The van der Waals surface area contributed by atoms with Crippen molar-refractivity contribution in [3.05, 3.63) is 18.0 Å². The lowest BCUT2D eigenvalue weighted by Crippen LogP contribution is -2.55. The summed E-state index contributed by atoms with van der Waals surface area (Å²) in [7, 11) is 0. The first-order valence-electron chi connectivity index (χ1n) is 8.64. The molecule has 1 aromatic rings. The molecule has 0 aliphatic heterocycles. The third-order valence-electron chi connectivity index (χ3n) is 5.98. The van der Waals surface area contributed by atoms with Gasteiger partial charge in [0, 0.05) is 25.2 Å². The molecular formula is C17H23N3O3. The molecule has 4 fully saturated rings. The molecule has 1 aromatic heterocycles. The smallest absolute Gasteiger partial charge is 0.356 e. The number of hydrogen-bond acceptors (Lipinski definition) is 3. The minimum atomic E-state index is -1.04. The first-order chi connectivity index (χ1) is 11.1. The highest BCUT2D eigenvalue weighted by Crippen LogP contribution is 2.53. The first kappa shape index (κ1) is 14.7. The highest BCUT2D eigenvalue weighted by Gasteiger charge is 2.48. The zero-order valence-electron chi connectivity index (χ0n) is 13.1. The molecule has 6 nitrogen and oxygen atoms in total. The highest BCUT2D eigenvalue weighted by atomic mass is 16.4. The van der Waals surface area contributed by atoms with Crippen molar-refractivity contribution in [2.45, 2.75) is 51.1 Å². The third kappa shape index (κ3) is 2.86. The Kier molecular flexibility index (Phi) is 3.62. The van der Waals surface area contributed by atoms with Gasteiger partial charge in [0.15, 0.2) is 5.69 Å². The van der Waals surface area contributed by atoms with E-state index in [4.69, 9.17) is 5.11 Å². The van der Waals surface area contributed by atoms with E-state index < -0.39 is 5.97 Å². The molecule has 4 aliphatic carbocycles. The third-order valence-corrected chi connectivity index (χ3v) is 5.98. The van der Waals surface area contributed by atoms with Gasteiger partial charge in [0.1, 0.15) is 0 Å². The second-order valence-corrected chi connectivity index (χ2v) is 7.54. The van der Waals surface area contributed by atoms with Crippen LogP contribution in [0.5, 0.6) is 0 Å². The molecule has 2 N–H and O–H groups in total. The van der Waals surface area contributed by atoms with Crippen molar-refractivity contribution in [3.63, 3.8) is 0 Å². The van der Waals surface area contributed by atoms with Crippen LogP contribution in [0.15, 0.2) is 12.3 Å². The van der Waals surface area contributed by atoms with Gasteiger partial charge in [-0.25, -0.2) is 4.79 Å². The maximum absolute atomic E-state index is 12.3. The summed E-state index contributed by atoms with van der Waals surface area (Å²) >= 11 is 0. The van der Waals surface area contributed by atoms with Crippen molar-refractivity contribution >= 4 is 11.9 Å². The minimum Gasteiger partial charge on any atom is -0.476 e. The monoisotopic (exact) mass is 317 g/mol. The van der Waals surface area contributed by atoms with Crippen LogP contribution in [0.1, 0.15) is 49.0 Å². The summed E-state index contributed by atoms with van der Waals surface area (Å²) in [6.07, 6.45) is 8.54. The van der Waals surface area contributed by atoms with E-state index in [1.54, 1.807) is 6.20 Å². The average Bonchev–Trinajstić information content (AvgIpc) is 2.97. The molecule has 4 saturated carbocycles. The van der Waals surface area contributed by atoms with Gasteiger partial charge in [-0.2, -0.15) is 5.10 Å². The quantitative estimate of drug-likeness (QED) is 0.869. The van der Waals surface area contributed by atoms with Crippen LogP contribution in [-0.2, 0) is 11.3 Å². The second kappa shape index (κ2) is 5.65. The lowest BCUT2D eigenvalue weighted by molar-refractivity contribution is -0.125. The van der Waals surface area contributed by atoms with Crippen molar-refractivity contribution in [1.29, 1.82) is 0 Å². The summed E-state index contributed by atoms with van der Waals surface area (Å²) in [5.74, 6) is 2.20. The Morgan fingerprint density at radius 1 is 1.17 bits per heavy atom. The lowest BCUT2D eigenvalue weighted by atomic mass is 9.54. The van der Waals surface area contributed by atoms with E-state index in [1.807, 2.05) is 0 Å². The van der Waals surface area contributed by atoms with Crippen LogP contribution >= 0.6 is 0 Å². The number of nitrogens with one attached hydrogen (secondary N) is 1. The maximum Gasteiger partial charge on any atom is 0.356 e. The van der Waals surface area contributed by atoms with Gasteiger partial charge in [-0.3, -0.25) is 9.48 Å². The average molecular weight is 317 g/mol. The van der Waals surface area contributed by atoms with Crippen LogP contribution in [0.25, 0.3) is 0 Å². The molecule has 124 valence electrons. The SMILES string of the molecule is O=C(CCn1ccc(C(=O)O)n1)NC1C2CC3CC(C2)CC1C3. The second-order valence-electron chi connectivity index (χ2n) is 7.54. The van der Waals surface area contributed by atoms with Crippen LogP contribution in [0.4, 0.5) is 0 Å². The lowest BCUT2D eigenvalue weighted by Gasteiger charge is -2.54. The summed E-state index contributed by atoms with van der Waals surface area (Å²) in [6, 6.07) is 1.82. The van der Waals surface area contributed by atoms with E-state index in [9.17, 15) is 9.59 Å². The minimum absolute atomic E-state index is 0.0199. The fraction of sp³-hybridized carbons (Fsp3) is 0.706. The van der Waals surface area contributed by atoms with Gasteiger partial charge in [0.2, 0.25) is 5.91 Å². The number of carbonyl (C=O) groups excluding carboxylic acids is 1. The number of carboxylic acids is 1. The van der Waals surface area contributed by atoms with Crippen LogP contribution in [-0.4, -0.2) is 32.8 Å². The van der Waals surface area contributed by atoms with E-state index in [2.05, 4.69) is 10.4 Å². The van der Waals surface area contributed by atoms with Gasteiger partial charge in [0.25, 0.3) is 0 Å². The summed E-state index contributed by atoms with van der Waals surface area (Å²) in [6.45, 7) is 0.423. The van der Waals surface area contributed by atoms with Gasteiger partial charge < -0.3 is 10.4 Å². The van der Waals surface area contributed by atoms with Crippen molar-refractivity contribution < 1.29 is 14.7 Å². The molecule has 0 spiro atoms. The molecule has 4 bridgehead atoms. The zero-order valence-corrected chi connectivity index (χ0v) is 13.1. The normalized spacial score (nSPS) is 34.5. The van der Waals surface area contributed by atoms with Crippen LogP contribution in [0, 0.1) is 23.7 Å². The molecule has 0 radical (unpaired) electrons. The fourth-order valence-electron chi connectivity index (χ4n) is 5.24. The molecule has 5 rings (SSSR count). The number of hydrogen-bond donors (Lipinski definition) is 2. The van der Waals surface area contributed by atoms with Crippen LogP contribution in [0.2, 0.25) is 0 Å². The maximum atomic E-state index is 12.3. The van der Waals surface area contributed by atoms with Crippen molar-refractivity contribution in [2.24, 2.45) is 23.7 Å². The number of amides is 1. The van der Waals surface area contributed by atoms with E-state index in [-0.39, 0.29) is 11.6 Å².